The van der Waals surface area contributed by atoms with Crippen molar-refractivity contribution in [2.24, 2.45) is 0 Å². The molecule has 11 rings (SSSR count). The van der Waals surface area contributed by atoms with E-state index in [9.17, 15) is 0 Å². The van der Waals surface area contributed by atoms with Gasteiger partial charge in [0.1, 0.15) is 5.58 Å². The second-order valence-electron chi connectivity index (χ2n) is 16.1. The van der Waals surface area contributed by atoms with Gasteiger partial charge in [0.15, 0.2) is 11.4 Å². The van der Waals surface area contributed by atoms with E-state index in [4.69, 9.17) is 9.40 Å². The zero-order valence-electron chi connectivity index (χ0n) is 32.8. The van der Waals surface area contributed by atoms with E-state index in [-0.39, 0.29) is 26.5 Å². The maximum Gasteiger partial charge on any atom is 0.268 e. The van der Waals surface area contributed by atoms with Crippen LogP contribution in [-0.4, -0.2) is 14.1 Å². The minimum atomic E-state index is 0. The molecule has 0 saturated heterocycles. The Morgan fingerprint density at radius 1 is 0.627 bits per heavy atom. The Morgan fingerprint density at radius 3 is 2.22 bits per heavy atom. The SMILES string of the molecule is CC(C)(C)c1cccc(-[n+]2[c-]n(-c3[c-]c(Cc4[c-]c5c(cc4)c4ccccc4n5-c4nccc5c4oc4c(-c6ccccc6)cccc45)ccc3)c3ccccc32)c1.[Pt]. The number of aromatic nitrogens is 4. The molecule has 0 bridgehead atoms. The summed E-state index contributed by atoms with van der Waals surface area (Å²) in [6, 6.07) is 62.9. The van der Waals surface area contributed by atoms with Gasteiger partial charge in [-0.05, 0) is 58.3 Å². The second-order valence-corrected chi connectivity index (χ2v) is 16.1. The molecule has 7 aromatic carbocycles. The van der Waals surface area contributed by atoms with Crippen LogP contribution in [0.1, 0.15) is 37.5 Å². The number of nitrogens with zero attached hydrogens (tertiary/aromatic N) is 4. The molecule has 4 aromatic heterocycles. The fourth-order valence-corrected chi connectivity index (χ4v) is 8.46. The van der Waals surface area contributed by atoms with Crippen molar-refractivity contribution >= 4 is 54.8 Å². The first-order valence-corrected chi connectivity index (χ1v) is 19.8. The fourth-order valence-electron chi connectivity index (χ4n) is 8.46. The average Bonchev–Trinajstić information content (AvgIpc) is 3.94. The summed E-state index contributed by atoms with van der Waals surface area (Å²) in [5.74, 6) is 0.747. The summed E-state index contributed by atoms with van der Waals surface area (Å²) in [6.45, 7) is 6.75. The summed E-state index contributed by atoms with van der Waals surface area (Å²) >= 11 is 0. The van der Waals surface area contributed by atoms with Crippen LogP contribution >= 0.6 is 0 Å². The van der Waals surface area contributed by atoms with Crippen molar-refractivity contribution < 1.29 is 30.0 Å². The topological polar surface area (TPSA) is 39.8 Å². The van der Waals surface area contributed by atoms with Crippen molar-refractivity contribution in [1.29, 1.82) is 0 Å². The summed E-state index contributed by atoms with van der Waals surface area (Å²) < 4.78 is 13.3. The Labute approximate surface area is 357 Å². The Hall–Kier alpha value is -6.55. The van der Waals surface area contributed by atoms with Gasteiger partial charge < -0.3 is 13.6 Å². The summed E-state index contributed by atoms with van der Waals surface area (Å²) in [4.78, 5) is 5.01. The molecule has 4 heterocycles. The van der Waals surface area contributed by atoms with Crippen molar-refractivity contribution in [3.05, 3.63) is 199 Å². The van der Waals surface area contributed by atoms with E-state index in [1.54, 1.807) is 0 Å². The maximum absolute atomic E-state index is 6.84. The summed E-state index contributed by atoms with van der Waals surface area (Å²) in [7, 11) is 0. The molecule has 0 aliphatic carbocycles. The maximum atomic E-state index is 6.84. The average molecular weight is 942 g/mol. The molecular weight excluding hydrogens is 904 g/mol. The van der Waals surface area contributed by atoms with Crippen LogP contribution < -0.4 is 4.57 Å². The van der Waals surface area contributed by atoms with Crippen molar-refractivity contribution in [3.63, 3.8) is 0 Å². The van der Waals surface area contributed by atoms with Crippen LogP contribution in [0.3, 0.4) is 0 Å². The molecule has 0 saturated carbocycles. The van der Waals surface area contributed by atoms with Crippen LogP contribution in [0.25, 0.3) is 83.1 Å². The summed E-state index contributed by atoms with van der Waals surface area (Å²) in [5, 5.41) is 4.36. The first-order chi connectivity index (χ1) is 28.4. The Bertz CT molecular complexity index is 3370. The first kappa shape index (κ1) is 36.8. The van der Waals surface area contributed by atoms with Crippen LogP contribution in [0.5, 0.6) is 0 Å². The van der Waals surface area contributed by atoms with Crippen molar-refractivity contribution in [2.45, 2.75) is 32.6 Å². The molecule has 0 N–H and O–H groups in total. The molecular formula is C53H38N4OPt-2. The van der Waals surface area contributed by atoms with Gasteiger partial charge in [-0.25, -0.2) is 4.98 Å². The van der Waals surface area contributed by atoms with Gasteiger partial charge in [-0.3, -0.25) is 4.57 Å². The number of furan rings is 1. The number of hydrogen-bond acceptors (Lipinski definition) is 2. The minimum Gasteiger partial charge on any atom is -0.451 e. The zero-order valence-corrected chi connectivity index (χ0v) is 35.1. The van der Waals surface area contributed by atoms with Gasteiger partial charge >= 0.3 is 0 Å². The number of benzene rings is 7. The number of imidazole rings is 1. The van der Waals surface area contributed by atoms with Crippen molar-refractivity contribution in [3.8, 4) is 28.3 Å². The monoisotopic (exact) mass is 941 g/mol. The normalized spacial score (nSPS) is 11.9. The zero-order chi connectivity index (χ0) is 39.0. The van der Waals surface area contributed by atoms with E-state index >= 15 is 0 Å². The van der Waals surface area contributed by atoms with Gasteiger partial charge in [-0.2, -0.15) is 53.6 Å². The van der Waals surface area contributed by atoms with Crippen LogP contribution in [0.4, 0.5) is 0 Å². The molecule has 0 amide bonds. The van der Waals surface area contributed by atoms with Gasteiger partial charge in [0.25, 0.3) is 6.33 Å². The minimum absolute atomic E-state index is 0. The largest absolute Gasteiger partial charge is 0.451 e. The van der Waals surface area contributed by atoms with Crippen LogP contribution in [0, 0.1) is 18.5 Å². The van der Waals surface area contributed by atoms with E-state index in [1.165, 1.54) is 5.56 Å². The molecule has 0 unspecified atom stereocenters. The molecule has 0 aliphatic heterocycles. The fraction of sp³-hybridized carbons (Fsp3) is 0.0943. The van der Waals surface area contributed by atoms with E-state index in [1.807, 2.05) is 12.3 Å². The molecule has 59 heavy (non-hydrogen) atoms. The Morgan fingerprint density at radius 2 is 1.36 bits per heavy atom. The van der Waals surface area contributed by atoms with Crippen LogP contribution in [0.2, 0.25) is 0 Å². The van der Waals surface area contributed by atoms with Gasteiger partial charge in [-0.1, -0.05) is 129 Å². The third kappa shape index (κ3) is 6.20. The van der Waals surface area contributed by atoms with Crippen molar-refractivity contribution in [2.75, 3.05) is 0 Å². The Balaban J connectivity index is 0.00000420. The molecule has 11 aromatic rings. The third-order valence-electron chi connectivity index (χ3n) is 11.3. The van der Waals surface area contributed by atoms with E-state index in [2.05, 4.69) is 205 Å². The third-order valence-corrected chi connectivity index (χ3v) is 11.3. The smallest absolute Gasteiger partial charge is 0.268 e. The summed E-state index contributed by atoms with van der Waals surface area (Å²) in [5.41, 5.74) is 13.4. The molecule has 288 valence electrons. The predicted molar refractivity (Wildman–Crippen MR) is 234 cm³/mol. The molecule has 0 spiro atoms. The molecule has 5 nitrogen and oxygen atoms in total. The number of rotatable bonds is 6. The van der Waals surface area contributed by atoms with E-state index < -0.39 is 0 Å². The van der Waals surface area contributed by atoms with E-state index in [0.29, 0.717) is 6.42 Å². The van der Waals surface area contributed by atoms with Gasteiger partial charge in [-0.15, -0.1) is 5.39 Å². The molecule has 0 radical (unpaired) electrons. The molecule has 0 atom stereocenters. The summed E-state index contributed by atoms with van der Waals surface area (Å²) in [6.07, 6.45) is 6.21. The first-order valence-electron chi connectivity index (χ1n) is 19.8. The van der Waals surface area contributed by atoms with E-state index in [0.717, 1.165) is 94.2 Å². The molecule has 0 fully saturated rings. The van der Waals surface area contributed by atoms with Crippen LogP contribution in [-0.2, 0) is 32.9 Å². The van der Waals surface area contributed by atoms with Crippen LogP contribution in [0.15, 0.2) is 168 Å². The number of fused-ring (bicyclic) bond motifs is 7. The van der Waals surface area contributed by atoms with Gasteiger partial charge in [0.05, 0.1) is 16.7 Å². The second kappa shape index (κ2) is 14.4. The number of hydrogen-bond donors (Lipinski definition) is 0. The van der Waals surface area contributed by atoms with Crippen molar-refractivity contribution in [1.82, 2.24) is 14.1 Å². The number of pyridine rings is 1. The Kier molecular flexibility index (Phi) is 8.96. The quantitative estimate of drug-likeness (QED) is 0.123. The molecule has 0 aliphatic rings. The number of para-hydroxylation sites is 4. The van der Waals surface area contributed by atoms with Gasteiger partial charge in [0, 0.05) is 49.1 Å². The predicted octanol–water partition coefficient (Wildman–Crippen LogP) is 12.3. The molecule has 6 heteroatoms. The van der Waals surface area contributed by atoms with Gasteiger partial charge in [0.2, 0.25) is 0 Å². The standard InChI is InChI=1S/C53H38N4O.Pt/c1-53(2,3)38-17-12-19-40(33-38)56-34-55(47-24-9-10-25-48(47)56)39-18-11-14-35(31-39)30-36-26-27-43-42-20-7-8-23-46(42)57(49(43)32-36)52-51-45(28-29-54-52)44-22-13-21-41(50(44)58-51)37-15-5-4-6-16-37;/h4-29,33H,30H2,1-3H3;/q-2;.